The Balaban J connectivity index is 1.41. The summed E-state index contributed by atoms with van der Waals surface area (Å²) in [6.45, 7) is 0. The van der Waals surface area contributed by atoms with Crippen molar-refractivity contribution in [3.8, 4) is 11.5 Å². The maximum absolute atomic E-state index is 12.5. The van der Waals surface area contributed by atoms with E-state index in [1.807, 2.05) is 30.3 Å². The van der Waals surface area contributed by atoms with Gasteiger partial charge in [0.05, 0.1) is 5.56 Å². The first-order valence-corrected chi connectivity index (χ1v) is 9.53. The minimum atomic E-state index is -0.230. The van der Waals surface area contributed by atoms with Crippen LogP contribution < -0.4 is 9.47 Å². The Bertz CT molecular complexity index is 877. The van der Waals surface area contributed by atoms with Crippen LogP contribution in [0.3, 0.4) is 0 Å². The summed E-state index contributed by atoms with van der Waals surface area (Å²) in [4.78, 5) is 24.6. The van der Waals surface area contributed by atoms with Crippen LogP contribution in [0.5, 0.6) is 11.5 Å². The number of carbonyl (C=O) groups is 2. The number of esters is 1. The van der Waals surface area contributed by atoms with Gasteiger partial charge in [-0.25, -0.2) is 0 Å². The van der Waals surface area contributed by atoms with Gasteiger partial charge in [0, 0.05) is 12.5 Å². The van der Waals surface area contributed by atoms with Crippen LogP contribution >= 0.6 is 0 Å². The third-order valence-corrected chi connectivity index (χ3v) is 5.20. The highest BCUT2D eigenvalue weighted by atomic mass is 16.5. The zero-order valence-corrected chi connectivity index (χ0v) is 15.1. The van der Waals surface area contributed by atoms with Crippen LogP contribution in [0.2, 0.25) is 0 Å². The van der Waals surface area contributed by atoms with Gasteiger partial charge in [0.1, 0.15) is 11.5 Å². The molecule has 0 amide bonds. The van der Waals surface area contributed by atoms with Crippen LogP contribution in [-0.4, -0.2) is 11.8 Å². The van der Waals surface area contributed by atoms with E-state index in [4.69, 9.17) is 9.47 Å². The summed E-state index contributed by atoms with van der Waals surface area (Å²) in [5, 5.41) is 0. The Kier molecular flexibility index (Phi) is 5.05. The van der Waals surface area contributed by atoms with E-state index in [1.165, 1.54) is 25.7 Å². The second-order valence-electron chi connectivity index (χ2n) is 7.17. The monoisotopic (exact) mass is 362 g/mol. The number of fused-ring (bicyclic) bond motifs is 1. The van der Waals surface area contributed by atoms with Crippen molar-refractivity contribution in [2.75, 3.05) is 0 Å². The molecule has 4 rings (SSSR count). The molecule has 2 aliphatic rings. The average molecular weight is 362 g/mol. The zero-order chi connectivity index (χ0) is 18.6. The number of ether oxygens (including phenoxy) is 2. The lowest BCUT2D eigenvalue weighted by Crippen LogP contribution is -2.09. The average Bonchev–Trinajstić information content (AvgIpc) is 3.30. The largest absolute Gasteiger partial charge is 0.452 e. The van der Waals surface area contributed by atoms with E-state index in [-0.39, 0.29) is 17.5 Å². The predicted molar refractivity (Wildman–Crippen MR) is 103 cm³/mol. The molecular formula is C23H22O4. The molecule has 0 unspecified atom stereocenters. The maximum Gasteiger partial charge on any atom is 0.311 e. The van der Waals surface area contributed by atoms with Gasteiger partial charge in [-0.1, -0.05) is 56.0 Å². The molecule has 1 fully saturated rings. The summed E-state index contributed by atoms with van der Waals surface area (Å²) < 4.78 is 11.1. The van der Waals surface area contributed by atoms with Crippen molar-refractivity contribution < 1.29 is 19.1 Å². The van der Waals surface area contributed by atoms with Crippen molar-refractivity contribution in [2.24, 2.45) is 5.92 Å². The van der Waals surface area contributed by atoms with Crippen LogP contribution in [0.1, 0.15) is 54.4 Å². The first kappa shape index (κ1) is 17.5. The summed E-state index contributed by atoms with van der Waals surface area (Å²) in [5.41, 5.74) is 1.38. The number of Topliss-reactive ketones (excluding diaryl/α,β-unsaturated/α-hetero) is 1. The molecule has 0 saturated heterocycles. The number of hydrogen-bond donors (Lipinski definition) is 0. The SMILES string of the molecule is O=C(CCC1CCCC1)Oc1ccc2c(c1)O/C(=C\c1ccccc1)C2=O. The van der Waals surface area contributed by atoms with Gasteiger partial charge < -0.3 is 9.47 Å². The fourth-order valence-corrected chi connectivity index (χ4v) is 3.73. The molecule has 0 spiro atoms. The number of allylic oxidation sites excluding steroid dienone is 1. The highest BCUT2D eigenvalue weighted by Crippen LogP contribution is 2.35. The smallest absolute Gasteiger partial charge is 0.311 e. The number of hydrogen-bond acceptors (Lipinski definition) is 4. The normalized spacial score (nSPS) is 17.8. The Morgan fingerprint density at radius 3 is 2.67 bits per heavy atom. The Labute approximate surface area is 158 Å². The Morgan fingerprint density at radius 2 is 1.89 bits per heavy atom. The van der Waals surface area contributed by atoms with E-state index in [2.05, 4.69) is 0 Å². The van der Waals surface area contributed by atoms with E-state index in [0.717, 1.165) is 12.0 Å². The van der Waals surface area contributed by atoms with E-state index >= 15 is 0 Å². The Hall–Kier alpha value is -2.88. The third kappa shape index (κ3) is 4.11. The number of carbonyl (C=O) groups excluding carboxylic acids is 2. The van der Waals surface area contributed by atoms with Gasteiger partial charge in [0.15, 0.2) is 5.76 Å². The van der Waals surface area contributed by atoms with Gasteiger partial charge in [0.25, 0.3) is 0 Å². The molecule has 1 aliphatic heterocycles. The van der Waals surface area contributed by atoms with Crippen molar-refractivity contribution >= 4 is 17.8 Å². The third-order valence-electron chi connectivity index (χ3n) is 5.20. The fraction of sp³-hybridized carbons (Fsp3) is 0.304. The molecule has 4 nitrogen and oxygen atoms in total. The molecule has 4 heteroatoms. The molecule has 2 aromatic carbocycles. The summed E-state index contributed by atoms with van der Waals surface area (Å²) >= 11 is 0. The van der Waals surface area contributed by atoms with Crippen molar-refractivity contribution in [1.29, 1.82) is 0 Å². The highest BCUT2D eigenvalue weighted by molar-refractivity contribution is 6.14. The predicted octanol–water partition coefficient (Wildman–Crippen LogP) is 5.18. The van der Waals surface area contributed by atoms with Gasteiger partial charge >= 0.3 is 5.97 Å². The quantitative estimate of drug-likeness (QED) is 0.418. The van der Waals surface area contributed by atoms with Crippen molar-refractivity contribution in [3.05, 3.63) is 65.4 Å². The molecule has 1 saturated carbocycles. The van der Waals surface area contributed by atoms with E-state index < -0.39 is 0 Å². The molecule has 1 aliphatic carbocycles. The molecule has 0 aromatic heterocycles. The Morgan fingerprint density at radius 1 is 1.11 bits per heavy atom. The van der Waals surface area contributed by atoms with E-state index in [1.54, 1.807) is 24.3 Å². The zero-order valence-electron chi connectivity index (χ0n) is 15.1. The molecule has 0 bridgehead atoms. The van der Waals surface area contributed by atoms with Crippen molar-refractivity contribution in [3.63, 3.8) is 0 Å². The molecular weight excluding hydrogens is 340 g/mol. The minimum Gasteiger partial charge on any atom is -0.452 e. The van der Waals surface area contributed by atoms with Crippen molar-refractivity contribution in [1.82, 2.24) is 0 Å². The van der Waals surface area contributed by atoms with Crippen LogP contribution in [-0.2, 0) is 4.79 Å². The maximum atomic E-state index is 12.5. The standard InChI is InChI=1S/C23H22O4/c24-22(13-10-16-6-4-5-7-16)26-18-11-12-19-20(15-18)27-21(23(19)25)14-17-8-2-1-3-9-17/h1-3,8-9,11-12,14-16H,4-7,10,13H2/b21-14-. The fourth-order valence-electron chi connectivity index (χ4n) is 3.73. The molecule has 0 radical (unpaired) electrons. The first-order chi connectivity index (χ1) is 13.2. The van der Waals surface area contributed by atoms with E-state index in [0.29, 0.717) is 29.4 Å². The van der Waals surface area contributed by atoms with Crippen LogP contribution in [0.15, 0.2) is 54.3 Å². The summed E-state index contributed by atoms with van der Waals surface area (Å²) in [6, 6.07) is 14.5. The molecule has 1 heterocycles. The molecule has 0 N–H and O–H groups in total. The summed E-state index contributed by atoms with van der Waals surface area (Å²) in [5.74, 6) is 1.39. The van der Waals surface area contributed by atoms with Crippen molar-refractivity contribution in [2.45, 2.75) is 38.5 Å². The van der Waals surface area contributed by atoms with Crippen LogP contribution in [0.4, 0.5) is 0 Å². The topological polar surface area (TPSA) is 52.6 Å². The number of benzene rings is 2. The second-order valence-corrected chi connectivity index (χ2v) is 7.17. The lowest BCUT2D eigenvalue weighted by Gasteiger charge is -2.09. The second kappa shape index (κ2) is 7.78. The summed E-state index contributed by atoms with van der Waals surface area (Å²) in [6.07, 6.45) is 8.03. The molecule has 27 heavy (non-hydrogen) atoms. The lowest BCUT2D eigenvalue weighted by molar-refractivity contribution is -0.134. The van der Waals surface area contributed by atoms with Gasteiger partial charge in [0.2, 0.25) is 5.78 Å². The lowest BCUT2D eigenvalue weighted by atomic mass is 10.0. The summed E-state index contributed by atoms with van der Waals surface area (Å²) in [7, 11) is 0. The minimum absolute atomic E-state index is 0.159. The van der Waals surface area contributed by atoms with Gasteiger partial charge in [-0.3, -0.25) is 9.59 Å². The molecule has 2 aromatic rings. The van der Waals surface area contributed by atoms with Gasteiger partial charge in [-0.05, 0) is 36.1 Å². The molecule has 0 atom stereocenters. The van der Waals surface area contributed by atoms with Crippen LogP contribution in [0, 0.1) is 5.92 Å². The molecule has 138 valence electrons. The van der Waals surface area contributed by atoms with Gasteiger partial charge in [-0.2, -0.15) is 0 Å². The first-order valence-electron chi connectivity index (χ1n) is 9.53. The number of ketones is 1. The van der Waals surface area contributed by atoms with E-state index in [9.17, 15) is 9.59 Å². The highest BCUT2D eigenvalue weighted by Gasteiger charge is 2.28. The number of rotatable bonds is 5. The van der Waals surface area contributed by atoms with Gasteiger partial charge in [-0.15, -0.1) is 0 Å². The van der Waals surface area contributed by atoms with Crippen LogP contribution in [0.25, 0.3) is 6.08 Å².